The molecule has 0 amide bonds. The summed E-state index contributed by atoms with van der Waals surface area (Å²) in [4.78, 5) is 4.96. The summed E-state index contributed by atoms with van der Waals surface area (Å²) in [5.41, 5.74) is 7.93. The Kier molecular flexibility index (Phi) is 7.92. The Hall–Kier alpha value is -7.10. The van der Waals surface area contributed by atoms with E-state index in [9.17, 15) is 0 Å². The second kappa shape index (κ2) is 13.4. The molecule has 0 aliphatic heterocycles. The van der Waals surface area contributed by atoms with Crippen LogP contribution in [-0.4, -0.2) is 4.57 Å². The van der Waals surface area contributed by atoms with Crippen molar-refractivity contribution in [2.24, 2.45) is 0 Å². The molecule has 3 heteroatoms. The van der Waals surface area contributed by atoms with Crippen LogP contribution in [0.15, 0.2) is 200 Å². The maximum Gasteiger partial charge on any atom is 0.127 e. The average Bonchev–Trinajstić information content (AvgIpc) is 3.50. The predicted molar refractivity (Wildman–Crippen MR) is 235 cm³/mol. The van der Waals surface area contributed by atoms with E-state index in [1.165, 1.54) is 54.2 Å². The van der Waals surface area contributed by atoms with Crippen molar-refractivity contribution in [1.82, 2.24) is 4.57 Å². The van der Waals surface area contributed by atoms with Gasteiger partial charge >= 0.3 is 0 Å². The highest BCUT2D eigenvalue weighted by Gasteiger charge is 2.31. The van der Waals surface area contributed by atoms with Gasteiger partial charge in [-0.05, 0) is 106 Å². The maximum absolute atomic E-state index is 2.48. The van der Waals surface area contributed by atoms with Gasteiger partial charge in [-0.25, -0.2) is 0 Å². The molecule has 10 aromatic rings. The number of hydrogen-bond acceptors (Lipinski definition) is 2. The molecule has 9 aromatic carbocycles. The molecule has 10 rings (SSSR count). The van der Waals surface area contributed by atoms with Gasteiger partial charge in [0.25, 0.3) is 0 Å². The van der Waals surface area contributed by atoms with Crippen LogP contribution in [0, 0.1) is 13.8 Å². The lowest BCUT2D eigenvalue weighted by Crippen LogP contribution is -2.19. The largest absolute Gasteiger partial charge is 0.295 e. The van der Waals surface area contributed by atoms with Crippen LogP contribution in [-0.2, 0) is 0 Å². The third-order valence-corrected chi connectivity index (χ3v) is 11.1. The molecule has 1 heterocycles. The first-order valence-electron chi connectivity index (χ1n) is 19.0. The number of benzene rings is 9. The topological polar surface area (TPSA) is 11.4 Å². The molecule has 0 spiro atoms. The Morgan fingerprint density at radius 3 is 1.07 bits per heavy atom. The minimum absolute atomic E-state index is 1.08. The van der Waals surface area contributed by atoms with E-state index in [4.69, 9.17) is 0 Å². The van der Waals surface area contributed by atoms with Crippen LogP contribution in [0.5, 0.6) is 0 Å². The van der Waals surface area contributed by atoms with Gasteiger partial charge in [-0.3, -0.25) is 14.4 Å². The Morgan fingerprint density at radius 2 is 0.655 bits per heavy atom. The quantitative estimate of drug-likeness (QED) is 0.153. The molecule has 0 atom stereocenters. The zero-order valence-electron chi connectivity index (χ0n) is 30.9. The average molecular weight is 706 g/mol. The Labute approximate surface area is 321 Å². The number of hydrogen-bond donors (Lipinski definition) is 0. The molecule has 3 nitrogen and oxygen atoms in total. The van der Waals surface area contributed by atoms with Gasteiger partial charge in [0, 0.05) is 27.8 Å². The van der Waals surface area contributed by atoms with Crippen LogP contribution in [0.1, 0.15) is 11.1 Å². The van der Waals surface area contributed by atoms with Gasteiger partial charge < -0.3 is 0 Å². The van der Waals surface area contributed by atoms with Crippen molar-refractivity contribution >= 4 is 77.5 Å². The van der Waals surface area contributed by atoms with E-state index in [0.29, 0.717) is 0 Å². The highest BCUT2D eigenvalue weighted by atomic mass is 15.3. The summed E-state index contributed by atoms with van der Waals surface area (Å²) in [6.07, 6.45) is 0. The van der Waals surface area contributed by atoms with Gasteiger partial charge in [-0.15, -0.1) is 0 Å². The zero-order valence-corrected chi connectivity index (χ0v) is 30.9. The summed E-state index contributed by atoms with van der Waals surface area (Å²) < 4.78 is 2.48. The van der Waals surface area contributed by atoms with E-state index in [1.807, 2.05) is 0 Å². The van der Waals surface area contributed by atoms with Crippen LogP contribution in [0.2, 0.25) is 0 Å². The second-order valence-corrected chi connectivity index (χ2v) is 14.2. The summed E-state index contributed by atoms with van der Waals surface area (Å²) in [6, 6.07) is 72.4. The smallest absolute Gasteiger partial charge is 0.127 e. The number of fused-ring (bicyclic) bond motifs is 6. The van der Waals surface area contributed by atoms with E-state index in [2.05, 4.69) is 228 Å². The molecule has 262 valence electrons. The number of nitrogens with zero attached hydrogens (tertiary/aromatic N) is 3. The Morgan fingerprint density at radius 1 is 0.327 bits per heavy atom. The van der Waals surface area contributed by atoms with E-state index in [-0.39, 0.29) is 0 Å². The van der Waals surface area contributed by atoms with Crippen LogP contribution in [0.4, 0.5) is 34.4 Å². The Balaban J connectivity index is 1.36. The lowest BCUT2D eigenvalue weighted by molar-refractivity contribution is 1.01. The fourth-order valence-electron chi connectivity index (χ4n) is 8.47. The molecule has 55 heavy (non-hydrogen) atoms. The van der Waals surface area contributed by atoms with Gasteiger partial charge in [-0.2, -0.15) is 0 Å². The normalized spacial score (nSPS) is 11.5. The Bertz CT molecular complexity index is 2820. The molecular formula is C52H39N3. The molecule has 0 radical (unpaired) electrons. The number of anilines is 6. The fraction of sp³-hybridized carbons (Fsp3) is 0.0385. The first kappa shape index (κ1) is 32.5. The molecule has 0 saturated heterocycles. The van der Waals surface area contributed by atoms with Gasteiger partial charge in [0.2, 0.25) is 0 Å². The van der Waals surface area contributed by atoms with Crippen LogP contribution < -0.4 is 9.80 Å². The van der Waals surface area contributed by atoms with Crippen molar-refractivity contribution in [3.05, 3.63) is 211 Å². The standard InChI is InChI=1S/C52H39N3/c1-36-37(2)52(54(41-24-8-4-9-25-41)50-35-39-21-13-15-29-44(39)46-31-17-19-33-48(46)50)55(42-26-10-5-11-27-42)51(36)53(40-22-6-3-7-23-40)49-34-38-20-12-14-28-43(38)45-30-16-18-32-47(45)49/h3-35H,1-2H3. The fourth-order valence-corrected chi connectivity index (χ4v) is 8.47. The summed E-state index contributed by atoms with van der Waals surface area (Å²) in [6.45, 7) is 4.57. The SMILES string of the molecule is Cc1c(C)c(N(c2ccccc2)c2cc3ccccc3c3ccccc23)n(-c2ccccc2)c1N(c1ccccc1)c1cc2ccccc2c2ccccc12. The predicted octanol–water partition coefficient (Wildman–Crippen LogP) is 14.6. The second-order valence-electron chi connectivity index (χ2n) is 14.2. The van der Waals surface area contributed by atoms with Crippen LogP contribution in [0.25, 0.3) is 48.8 Å². The molecule has 0 unspecified atom stereocenters. The lowest BCUT2D eigenvalue weighted by Gasteiger charge is -2.32. The minimum atomic E-state index is 1.08. The summed E-state index contributed by atoms with van der Waals surface area (Å²) in [7, 11) is 0. The van der Waals surface area contributed by atoms with Crippen molar-refractivity contribution in [2.45, 2.75) is 13.8 Å². The van der Waals surface area contributed by atoms with Crippen molar-refractivity contribution < 1.29 is 0 Å². The molecule has 0 aliphatic rings. The molecule has 0 N–H and O–H groups in total. The van der Waals surface area contributed by atoms with E-state index < -0.39 is 0 Å². The third-order valence-electron chi connectivity index (χ3n) is 11.1. The molecular weight excluding hydrogens is 667 g/mol. The summed E-state index contributed by atoms with van der Waals surface area (Å²) >= 11 is 0. The van der Waals surface area contributed by atoms with Gasteiger partial charge in [0.05, 0.1) is 11.4 Å². The lowest BCUT2D eigenvalue weighted by atomic mass is 9.99. The zero-order chi connectivity index (χ0) is 36.9. The summed E-state index contributed by atoms with van der Waals surface area (Å²) in [5.74, 6) is 2.19. The van der Waals surface area contributed by atoms with E-state index in [1.54, 1.807) is 0 Å². The first-order valence-corrected chi connectivity index (χ1v) is 19.0. The van der Waals surface area contributed by atoms with Gasteiger partial charge in [0.1, 0.15) is 11.6 Å². The van der Waals surface area contributed by atoms with Crippen molar-refractivity contribution in [3.63, 3.8) is 0 Å². The van der Waals surface area contributed by atoms with Crippen molar-refractivity contribution in [2.75, 3.05) is 9.80 Å². The van der Waals surface area contributed by atoms with E-state index in [0.717, 1.165) is 40.1 Å². The first-order chi connectivity index (χ1) is 27.2. The minimum Gasteiger partial charge on any atom is -0.295 e. The van der Waals surface area contributed by atoms with Gasteiger partial charge in [0.15, 0.2) is 0 Å². The maximum atomic E-state index is 2.48. The molecule has 0 aliphatic carbocycles. The molecule has 0 saturated carbocycles. The highest BCUT2D eigenvalue weighted by Crippen LogP contribution is 2.51. The highest BCUT2D eigenvalue weighted by molar-refractivity contribution is 6.16. The van der Waals surface area contributed by atoms with Crippen molar-refractivity contribution in [3.8, 4) is 5.69 Å². The molecule has 0 bridgehead atoms. The summed E-state index contributed by atoms with van der Waals surface area (Å²) in [5, 5.41) is 9.78. The van der Waals surface area contributed by atoms with Crippen molar-refractivity contribution in [1.29, 1.82) is 0 Å². The van der Waals surface area contributed by atoms with Gasteiger partial charge in [-0.1, -0.05) is 152 Å². The number of para-hydroxylation sites is 3. The third kappa shape index (κ3) is 5.35. The van der Waals surface area contributed by atoms with E-state index >= 15 is 0 Å². The molecule has 1 aromatic heterocycles. The number of rotatable bonds is 7. The van der Waals surface area contributed by atoms with Crippen LogP contribution >= 0.6 is 0 Å². The number of aromatic nitrogens is 1. The monoisotopic (exact) mass is 705 g/mol. The molecule has 0 fully saturated rings. The van der Waals surface area contributed by atoms with Crippen LogP contribution in [0.3, 0.4) is 0 Å².